The molecule has 0 saturated heterocycles. The summed E-state index contributed by atoms with van der Waals surface area (Å²) in [5.41, 5.74) is 4.35. The van der Waals surface area contributed by atoms with Crippen molar-refractivity contribution in [2.75, 3.05) is 6.61 Å². The van der Waals surface area contributed by atoms with Crippen molar-refractivity contribution in [2.24, 2.45) is 5.73 Å². The largest absolute Gasteiger partial charge is 0.466 e. The first-order valence-electron chi connectivity index (χ1n) is 5.53. The van der Waals surface area contributed by atoms with Crippen LogP contribution in [-0.4, -0.2) is 12.6 Å². The molecular weight excluding hydrogens is 302 g/mol. The highest BCUT2D eigenvalue weighted by Gasteiger charge is 2.34. The molecule has 2 N–H and O–H groups in total. The van der Waals surface area contributed by atoms with Crippen molar-refractivity contribution in [1.82, 2.24) is 0 Å². The molecule has 1 aromatic carbocycles. The molecule has 0 bridgehead atoms. The van der Waals surface area contributed by atoms with Crippen LogP contribution < -0.4 is 5.73 Å². The highest BCUT2D eigenvalue weighted by Crippen LogP contribution is 2.32. The van der Waals surface area contributed by atoms with E-state index >= 15 is 0 Å². The van der Waals surface area contributed by atoms with Gasteiger partial charge in [-0.05, 0) is 24.6 Å². The van der Waals surface area contributed by atoms with Gasteiger partial charge in [-0.3, -0.25) is 4.79 Å². The molecule has 0 unspecified atom stereocenters. The summed E-state index contributed by atoms with van der Waals surface area (Å²) < 4.78 is 55.0. The first kappa shape index (κ1) is 18.7. The lowest BCUT2D eigenvalue weighted by atomic mass is 10.0. The smallest absolute Gasteiger partial charge is 0.419 e. The Labute approximate surface area is 119 Å². The van der Waals surface area contributed by atoms with Gasteiger partial charge in [0, 0.05) is 6.04 Å². The normalized spacial score (nSPS) is 12.5. The summed E-state index contributed by atoms with van der Waals surface area (Å²) in [5, 5.41) is 0. The SMILES string of the molecule is CCOC(=O)C[C@@H](N)c1ccc(C(F)(F)F)c(F)c1.Cl. The average molecular weight is 316 g/mol. The molecule has 0 spiro atoms. The van der Waals surface area contributed by atoms with Crippen LogP contribution >= 0.6 is 12.4 Å². The number of ether oxygens (including phenoxy) is 1. The molecule has 0 aliphatic carbocycles. The maximum atomic E-state index is 13.3. The number of halogens is 5. The highest BCUT2D eigenvalue weighted by molar-refractivity contribution is 5.85. The van der Waals surface area contributed by atoms with Crippen LogP contribution in [0.5, 0.6) is 0 Å². The molecule has 0 aliphatic rings. The van der Waals surface area contributed by atoms with E-state index in [1.54, 1.807) is 6.92 Å². The summed E-state index contributed by atoms with van der Waals surface area (Å²) in [6.45, 7) is 1.79. The Hall–Kier alpha value is -1.34. The monoisotopic (exact) mass is 315 g/mol. The summed E-state index contributed by atoms with van der Waals surface area (Å²) in [7, 11) is 0. The lowest BCUT2D eigenvalue weighted by Gasteiger charge is -2.14. The van der Waals surface area contributed by atoms with Gasteiger partial charge >= 0.3 is 12.1 Å². The van der Waals surface area contributed by atoms with E-state index in [1.807, 2.05) is 0 Å². The molecule has 8 heteroatoms. The topological polar surface area (TPSA) is 52.3 Å². The standard InChI is InChI=1S/C12H13F4NO2.ClH/c1-2-19-11(18)6-10(17)7-3-4-8(9(13)5-7)12(14,15)16;/h3-5,10H,2,6,17H2,1H3;1H/t10-;/m1./s1. The molecule has 0 radical (unpaired) electrons. The van der Waals surface area contributed by atoms with Crippen LogP contribution in [0.25, 0.3) is 0 Å². The lowest BCUT2D eigenvalue weighted by Crippen LogP contribution is -2.18. The second-order valence-electron chi connectivity index (χ2n) is 3.85. The Bertz CT molecular complexity index is 465. The van der Waals surface area contributed by atoms with E-state index < -0.39 is 29.6 Å². The van der Waals surface area contributed by atoms with Gasteiger partial charge in [-0.15, -0.1) is 12.4 Å². The zero-order valence-corrected chi connectivity index (χ0v) is 11.4. The Morgan fingerprint density at radius 3 is 2.45 bits per heavy atom. The summed E-state index contributed by atoms with van der Waals surface area (Å²) in [6, 6.07) is 1.44. The minimum absolute atomic E-state index is 0. The van der Waals surface area contributed by atoms with E-state index in [4.69, 9.17) is 5.73 Å². The predicted octanol–water partition coefficient (Wildman–Crippen LogP) is 3.22. The number of hydrogen-bond acceptors (Lipinski definition) is 3. The van der Waals surface area contributed by atoms with Crippen LogP contribution in [0.2, 0.25) is 0 Å². The molecule has 0 amide bonds. The number of hydrogen-bond donors (Lipinski definition) is 1. The van der Waals surface area contributed by atoms with Crippen molar-refractivity contribution in [2.45, 2.75) is 25.6 Å². The van der Waals surface area contributed by atoms with E-state index in [1.165, 1.54) is 0 Å². The Morgan fingerprint density at radius 2 is 2.00 bits per heavy atom. The fraction of sp³-hybridized carbons (Fsp3) is 0.417. The molecule has 0 heterocycles. The van der Waals surface area contributed by atoms with Crippen molar-refractivity contribution in [3.05, 3.63) is 35.1 Å². The van der Waals surface area contributed by atoms with Crippen LogP contribution in [0.4, 0.5) is 17.6 Å². The number of carbonyl (C=O) groups is 1. The molecule has 1 aromatic rings. The summed E-state index contributed by atoms with van der Waals surface area (Å²) in [6.07, 6.45) is -4.98. The van der Waals surface area contributed by atoms with Crippen molar-refractivity contribution >= 4 is 18.4 Å². The molecular formula is C12H14ClF4NO2. The van der Waals surface area contributed by atoms with Crippen LogP contribution in [0.3, 0.4) is 0 Å². The predicted molar refractivity (Wildman–Crippen MR) is 66.8 cm³/mol. The van der Waals surface area contributed by atoms with Gasteiger partial charge in [-0.1, -0.05) is 6.07 Å². The molecule has 114 valence electrons. The van der Waals surface area contributed by atoms with Crippen LogP contribution in [0, 0.1) is 5.82 Å². The lowest BCUT2D eigenvalue weighted by molar-refractivity contribution is -0.143. The van der Waals surface area contributed by atoms with Gasteiger partial charge in [-0.25, -0.2) is 4.39 Å². The molecule has 20 heavy (non-hydrogen) atoms. The minimum Gasteiger partial charge on any atom is -0.466 e. The zero-order valence-electron chi connectivity index (χ0n) is 10.5. The Morgan fingerprint density at radius 1 is 1.40 bits per heavy atom. The Balaban J connectivity index is 0.00000361. The average Bonchev–Trinajstić information content (AvgIpc) is 2.27. The number of alkyl halides is 3. The number of rotatable bonds is 4. The molecule has 0 saturated carbocycles. The van der Waals surface area contributed by atoms with Gasteiger partial charge in [0.05, 0.1) is 18.6 Å². The van der Waals surface area contributed by atoms with E-state index in [-0.39, 0.29) is 31.0 Å². The number of nitrogens with two attached hydrogens (primary N) is 1. The fourth-order valence-electron chi connectivity index (χ4n) is 1.51. The molecule has 0 aliphatic heterocycles. The maximum Gasteiger partial charge on any atom is 0.419 e. The van der Waals surface area contributed by atoms with Crippen LogP contribution in [-0.2, 0) is 15.7 Å². The third-order valence-corrected chi connectivity index (χ3v) is 2.42. The van der Waals surface area contributed by atoms with Gasteiger partial charge < -0.3 is 10.5 Å². The molecule has 1 rings (SSSR count). The molecule has 0 aromatic heterocycles. The quantitative estimate of drug-likeness (QED) is 0.685. The van der Waals surface area contributed by atoms with Crippen molar-refractivity contribution < 1.29 is 27.1 Å². The highest BCUT2D eigenvalue weighted by atomic mass is 35.5. The number of esters is 1. The minimum atomic E-state index is -4.76. The van der Waals surface area contributed by atoms with Crippen molar-refractivity contribution in [3.63, 3.8) is 0 Å². The number of benzene rings is 1. The zero-order chi connectivity index (χ0) is 14.6. The van der Waals surface area contributed by atoms with Gasteiger partial charge in [-0.2, -0.15) is 13.2 Å². The fourth-order valence-corrected chi connectivity index (χ4v) is 1.51. The third-order valence-electron chi connectivity index (χ3n) is 2.42. The van der Waals surface area contributed by atoms with E-state index in [9.17, 15) is 22.4 Å². The van der Waals surface area contributed by atoms with Crippen LogP contribution in [0.1, 0.15) is 30.5 Å². The van der Waals surface area contributed by atoms with Crippen LogP contribution in [0.15, 0.2) is 18.2 Å². The van der Waals surface area contributed by atoms with Crippen molar-refractivity contribution in [1.29, 1.82) is 0 Å². The summed E-state index contributed by atoms with van der Waals surface area (Å²) in [5.74, 6) is -2.00. The first-order valence-corrected chi connectivity index (χ1v) is 5.53. The van der Waals surface area contributed by atoms with Crippen molar-refractivity contribution in [3.8, 4) is 0 Å². The van der Waals surface area contributed by atoms with E-state index in [0.717, 1.165) is 6.07 Å². The van der Waals surface area contributed by atoms with Gasteiger partial charge in [0.2, 0.25) is 0 Å². The van der Waals surface area contributed by atoms with E-state index in [2.05, 4.69) is 4.74 Å². The molecule has 1 atom stereocenters. The van der Waals surface area contributed by atoms with Gasteiger partial charge in [0.1, 0.15) is 5.82 Å². The number of carbonyl (C=O) groups excluding carboxylic acids is 1. The second kappa shape index (κ2) is 7.44. The molecule has 3 nitrogen and oxygen atoms in total. The van der Waals surface area contributed by atoms with Gasteiger partial charge in [0.25, 0.3) is 0 Å². The van der Waals surface area contributed by atoms with Gasteiger partial charge in [0.15, 0.2) is 0 Å². The summed E-state index contributed by atoms with van der Waals surface area (Å²) >= 11 is 0. The van der Waals surface area contributed by atoms with E-state index in [0.29, 0.717) is 12.1 Å². The summed E-state index contributed by atoms with van der Waals surface area (Å²) in [4.78, 5) is 11.2. The first-order chi connectivity index (χ1) is 8.75. The second-order valence-corrected chi connectivity index (χ2v) is 3.85. The molecule has 0 fully saturated rings. The third kappa shape index (κ3) is 4.97. The maximum absolute atomic E-state index is 13.3. The Kier molecular flexibility index (Phi) is 6.95.